The van der Waals surface area contributed by atoms with E-state index in [-0.39, 0.29) is 11.4 Å². The largest absolute Gasteiger partial charge is 0.468 e. The van der Waals surface area contributed by atoms with Gasteiger partial charge in [-0.25, -0.2) is 4.79 Å². The Morgan fingerprint density at radius 2 is 2.07 bits per heavy atom. The lowest BCUT2D eigenvalue weighted by molar-refractivity contribution is 0.0522. The molecule has 84 valence electrons. The molecule has 0 unspecified atom stereocenters. The fraction of sp³-hybridized carbons (Fsp3) is 0.583. The van der Waals surface area contributed by atoms with Crippen molar-refractivity contribution in [3.05, 3.63) is 23.2 Å². The molecule has 15 heavy (non-hydrogen) atoms. The average molecular weight is 210 g/mol. The molecule has 0 fully saturated rings. The third-order valence-corrected chi connectivity index (χ3v) is 2.26. The number of furan rings is 1. The van der Waals surface area contributed by atoms with Gasteiger partial charge in [0.25, 0.3) is 0 Å². The van der Waals surface area contributed by atoms with E-state index in [1.165, 1.54) is 0 Å². The van der Waals surface area contributed by atoms with Crippen molar-refractivity contribution in [2.75, 3.05) is 6.61 Å². The number of carbonyl (C=O) groups is 1. The van der Waals surface area contributed by atoms with Crippen molar-refractivity contribution in [2.24, 2.45) is 0 Å². The number of hydrogen-bond acceptors (Lipinski definition) is 3. The van der Waals surface area contributed by atoms with Crippen LogP contribution in [0.1, 0.15) is 49.4 Å². The Morgan fingerprint density at radius 3 is 2.53 bits per heavy atom. The van der Waals surface area contributed by atoms with Gasteiger partial charge in [0, 0.05) is 5.56 Å². The van der Waals surface area contributed by atoms with E-state index in [4.69, 9.17) is 9.15 Å². The first-order chi connectivity index (χ1) is 6.88. The van der Waals surface area contributed by atoms with Gasteiger partial charge in [-0.15, -0.1) is 0 Å². The van der Waals surface area contributed by atoms with E-state index in [0.717, 1.165) is 5.56 Å². The topological polar surface area (TPSA) is 39.4 Å². The molecule has 0 spiro atoms. The highest BCUT2D eigenvalue weighted by Crippen LogP contribution is 2.29. The van der Waals surface area contributed by atoms with Crippen LogP contribution in [0.4, 0.5) is 0 Å². The van der Waals surface area contributed by atoms with E-state index in [2.05, 4.69) is 0 Å². The number of esters is 1. The highest BCUT2D eigenvalue weighted by atomic mass is 16.5. The monoisotopic (exact) mass is 210 g/mol. The van der Waals surface area contributed by atoms with Crippen LogP contribution in [-0.4, -0.2) is 12.6 Å². The molecule has 1 aromatic rings. The summed E-state index contributed by atoms with van der Waals surface area (Å²) in [4.78, 5) is 11.7. The first-order valence-corrected chi connectivity index (χ1v) is 5.13. The first-order valence-electron chi connectivity index (χ1n) is 5.13. The van der Waals surface area contributed by atoms with Crippen LogP contribution in [-0.2, 0) is 10.2 Å². The normalized spacial score (nSPS) is 11.5. The van der Waals surface area contributed by atoms with Crippen LogP contribution in [0.5, 0.6) is 0 Å². The quantitative estimate of drug-likeness (QED) is 0.704. The van der Waals surface area contributed by atoms with Crippen molar-refractivity contribution in [2.45, 2.75) is 40.0 Å². The molecular formula is C12H18O3. The van der Waals surface area contributed by atoms with Gasteiger partial charge in [0.1, 0.15) is 11.3 Å². The molecule has 0 N–H and O–H groups in total. The van der Waals surface area contributed by atoms with Crippen LogP contribution in [0.25, 0.3) is 0 Å². The minimum absolute atomic E-state index is 0.111. The van der Waals surface area contributed by atoms with Crippen molar-refractivity contribution < 1.29 is 13.9 Å². The molecular weight excluding hydrogens is 192 g/mol. The van der Waals surface area contributed by atoms with Gasteiger partial charge >= 0.3 is 5.97 Å². The molecule has 0 atom stereocenters. The van der Waals surface area contributed by atoms with E-state index in [0.29, 0.717) is 17.9 Å². The Morgan fingerprint density at radius 1 is 1.47 bits per heavy atom. The molecule has 0 amide bonds. The summed E-state index contributed by atoms with van der Waals surface area (Å²) in [5, 5.41) is 0. The highest BCUT2D eigenvalue weighted by Gasteiger charge is 2.27. The third-order valence-electron chi connectivity index (χ3n) is 2.26. The summed E-state index contributed by atoms with van der Waals surface area (Å²) in [5.41, 5.74) is 1.36. The van der Waals surface area contributed by atoms with E-state index < -0.39 is 0 Å². The molecule has 0 saturated carbocycles. The van der Waals surface area contributed by atoms with Gasteiger partial charge in [0.2, 0.25) is 0 Å². The lowest BCUT2D eigenvalue weighted by Gasteiger charge is -2.17. The van der Waals surface area contributed by atoms with Crippen molar-refractivity contribution >= 4 is 5.97 Å². The lowest BCUT2D eigenvalue weighted by atomic mass is 9.86. The van der Waals surface area contributed by atoms with E-state index in [9.17, 15) is 4.79 Å². The Kier molecular flexibility index (Phi) is 3.22. The minimum Gasteiger partial charge on any atom is -0.468 e. The number of carbonyl (C=O) groups excluding carboxylic acids is 1. The maximum Gasteiger partial charge on any atom is 0.341 e. The summed E-state index contributed by atoms with van der Waals surface area (Å²) in [6.45, 7) is 10.1. The Bertz CT molecular complexity index is 355. The van der Waals surface area contributed by atoms with Crippen molar-refractivity contribution in [1.29, 1.82) is 0 Å². The summed E-state index contributed by atoms with van der Waals surface area (Å²) < 4.78 is 10.3. The fourth-order valence-electron chi connectivity index (χ4n) is 1.46. The van der Waals surface area contributed by atoms with Crippen LogP contribution < -0.4 is 0 Å². The SMILES string of the molecule is CCOC(=O)c1c(C(C)(C)C)coc1C. The lowest BCUT2D eigenvalue weighted by Crippen LogP contribution is -2.17. The number of ether oxygens (including phenoxy) is 1. The summed E-state index contributed by atoms with van der Waals surface area (Å²) in [6, 6.07) is 0. The van der Waals surface area contributed by atoms with Crippen LogP contribution in [0, 0.1) is 6.92 Å². The van der Waals surface area contributed by atoms with Gasteiger partial charge < -0.3 is 9.15 Å². The number of aryl methyl sites for hydroxylation is 1. The predicted octanol–water partition coefficient (Wildman–Crippen LogP) is 3.06. The predicted molar refractivity (Wildman–Crippen MR) is 58.1 cm³/mol. The maximum atomic E-state index is 11.7. The molecule has 0 saturated heterocycles. The van der Waals surface area contributed by atoms with Gasteiger partial charge in [-0.1, -0.05) is 20.8 Å². The first kappa shape index (κ1) is 11.8. The van der Waals surface area contributed by atoms with Gasteiger partial charge in [-0.3, -0.25) is 0 Å². The smallest absolute Gasteiger partial charge is 0.341 e. The Labute approximate surface area is 90.4 Å². The standard InChI is InChI=1S/C12H18O3/c1-6-14-11(13)10-8(2)15-7-9(10)12(3,4)5/h7H,6H2,1-5H3. The van der Waals surface area contributed by atoms with Crippen molar-refractivity contribution in [3.63, 3.8) is 0 Å². The Balaban J connectivity index is 3.16. The highest BCUT2D eigenvalue weighted by molar-refractivity contribution is 5.92. The molecule has 0 aliphatic heterocycles. The summed E-state index contributed by atoms with van der Waals surface area (Å²) in [7, 11) is 0. The van der Waals surface area contributed by atoms with Crippen LogP contribution in [0.2, 0.25) is 0 Å². The van der Waals surface area contributed by atoms with Gasteiger partial charge in [0.05, 0.1) is 12.9 Å². The molecule has 0 bridgehead atoms. The van der Waals surface area contributed by atoms with Crippen LogP contribution in [0.3, 0.4) is 0 Å². The third kappa shape index (κ3) is 2.41. The van der Waals surface area contributed by atoms with Gasteiger partial charge in [-0.05, 0) is 19.3 Å². The number of rotatable bonds is 2. The molecule has 1 heterocycles. The second-order valence-corrected chi connectivity index (χ2v) is 4.55. The molecule has 3 heteroatoms. The van der Waals surface area contributed by atoms with Crippen molar-refractivity contribution in [3.8, 4) is 0 Å². The minimum atomic E-state index is -0.298. The van der Waals surface area contributed by atoms with Crippen LogP contribution >= 0.6 is 0 Å². The van der Waals surface area contributed by atoms with E-state index in [1.54, 1.807) is 20.1 Å². The molecule has 0 radical (unpaired) electrons. The van der Waals surface area contributed by atoms with Crippen molar-refractivity contribution in [1.82, 2.24) is 0 Å². The number of hydrogen-bond donors (Lipinski definition) is 0. The summed E-state index contributed by atoms with van der Waals surface area (Å²) in [5.74, 6) is 0.326. The molecule has 3 nitrogen and oxygen atoms in total. The second kappa shape index (κ2) is 4.09. The molecule has 1 aromatic heterocycles. The maximum absolute atomic E-state index is 11.7. The molecule has 0 aliphatic rings. The van der Waals surface area contributed by atoms with Gasteiger partial charge in [0.15, 0.2) is 0 Å². The zero-order valence-electron chi connectivity index (χ0n) is 10.0. The Hall–Kier alpha value is -1.25. The molecule has 0 aliphatic carbocycles. The second-order valence-electron chi connectivity index (χ2n) is 4.55. The van der Waals surface area contributed by atoms with Crippen LogP contribution in [0.15, 0.2) is 10.7 Å². The zero-order valence-corrected chi connectivity index (χ0v) is 10.0. The zero-order chi connectivity index (χ0) is 11.6. The fourth-order valence-corrected chi connectivity index (χ4v) is 1.46. The average Bonchev–Trinajstić information content (AvgIpc) is 2.46. The molecule has 0 aromatic carbocycles. The van der Waals surface area contributed by atoms with Gasteiger partial charge in [-0.2, -0.15) is 0 Å². The summed E-state index contributed by atoms with van der Waals surface area (Å²) in [6.07, 6.45) is 1.64. The molecule has 1 rings (SSSR count). The van der Waals surface area contributed by atoms with E-state index >= 15 is 0 Å². The van der Waals surface area contributed by atoms with E-state index in [1.807, 2.05) is 20.8 Å². The summed E-state index contributed by atoms with van der Waals surface area (Å²) >= 11 is 0.